The van der Waals surface area contributed by atoms with Gasteiger partial charge in [0.2, 0.25) is 0 Å². The number of aryl methyl sites for hydroxylation is 4. The highest BCUT2D eigenvalue weighted by Crippen LogP contribution is 2.69. The second-order valence-corrected chi connectivity index (χ2v) is 27.7. The third-order valence-electron chi connectivity index (χ3n) is 16.8. The largest absolute Gasteiger partial charge is 0.307 e. The lowest BCUT2D eigenvalue weighted by molar-refractivity contribution is -0.0980. The van der Waals surface area contributed by atoms with Crippen molar-refractivity contribution >= 4 is 116 Å². The molecule has 3 aliphatic rings. The number of allylic oxidation sites excluding steroid dienone is 3. The first-order valence-corrected chi connectivity index (χ1v) is 32.3. The Hall–Kier alpha value is -8.68. The fourth-order valence-electron chi connectivity index (χ4n) is 13.0. The van der Waals surface area contributed by atoms with Gasteiger partial charge in [0.25, 0.3) is 0 Å². The number of hydrogen-bond acceptors (Lipinski definition) is 10. The highest BCUT2D eigenvalue weighted by molar-refractivity contribution is 7.32. The molecule has 0 atom stereocenters. The van der Waals surface area contributed by atoms with Gasteiger partial charge in [0.05, 0.1) is 20.2 Å². The maximum atomic E-state index is 11.8. The Morgan fingerprint density at radius 2 is 0.821 bits per heavy atom. The summed E-state index contributed by atoms with van der Waals surface area (Å²) in [4.78, 5) is 27.9. The number of rotatable bonds is 6. The molecular weight excluding hydrogens is 1140 g/mol. The van der Waals surface area contributed by atoms with Crippen molar-refractivity contribution in [3.8, 4) is 52.5 Å². The fraction of sp³-hybridized carbons (Fsp3) is 0.0811. The van der Waals surface area contributed by atoms with Crippen LogP contribution in [0.25, 0.3) is 75.5 Å². The van der Waals surface area contributed by atoms with Crippen LogP contribution in [0, 0.1) is 50.4 Å². The lowest BCUT2D eigenvalue weighted by atomic mass is 9.66. The van der Waals surface area contributed by atoms with Gasteiger partial charge in [-0.25, -0.2) is 0 Å². The first-order chi connectivity index (χ1) is 41.0. The molecule has 0 spiro atoms. The first kappa shape index (κ1) is 53.3. The van der Waals surface area contributed by atoms with E-state index in [2.05, 4.69) is 203 Å². The summed E-state index contributed by atoms with van der Waals surface area (Å²) in [6.45, 7) is 14.5. The number of fused-ring (bicyclic) bond motifs is 12. The van der Waals surface area contributed by atoms with E-state index in [0.717, 1.165) is 0 Å². The number of thiophene rings is 6. The van der Waals surface area contributed by atoms with E-state index in [1.165, 1.54) is 137 Å². The van der Waals surface area contributed by atoms with E-state index >= 15 is 0 Å². The van der Waals surface area contributed by atoms with Crippen LogP contribution in [0.5, 0.6) is 0 Å². The molecule has 0 aliphatic heterocycles. The molecule has 10 heteroatoms. The Kier molecular flexibility index (Phi) is 13.1. The van der Waals surface area contributed by atoms with Gasteiger partial charge in [0, 0.05) is 66.5 Å². The molecule has 6 aromatic heterocycles. The standard InChI is InChI=1S/C60H40S6.C13H6N2O.CH2O/c1-33-9-17-39(18-10-33)59(40-19-11-34(2)12-20-40)45-27-37-29-51(47-7-5-25-61-47)63-49(37)31-43(45)55-53(59)57-58(65-55)54-56(66-57)44-32-50-38(30-52(64-50)48-8-6-26-62-48)28-46(44)60(54,41-21-13-35(3)14-22-41)42-23-15-36(4)16-24-42;1-8-12(9(6-14)7-15)10-4-2-3-5-11(10)13(8)16;1-2/h5-32H,1-4H3;2-5H,1H2;1H2. The molecule has 3 aliphatic carbocycles. The zero-order valence-electron chi connectivity index (χ0n) is 46.0. The highest BCUT2D eigenvalue weighted by Gasteiger charge is 2.54. The third kappa shape index (κ3) is 7.90. The van der Waals surface area contributed by atoms with Crippen LogP contribution in [0.1, 0.15) is 82.7 Å². The zero-order valence-corrected chi connectivity index (χ0v) is 50.9. The molecule has 0 N–H and O–H groups in total. The summed E-state index contributed by atoms with van der Waals surface area (Å²) in [5.41, 5.74) is 19.4. The van der Waals surface area contributed by atoms with Gasteiger partial charge in [-0.1, -0.05) is 162 Å². The minimum Gasteiger partial charge on any atom is -0.307 e. The molecule has 4 nitrogen and oxygen atoms in total. The molecule has 402 valence electrons. The first-order valence-electron chi connectivity index (χ1n) is 27.3. The van der Waals surface area contributed by atoms with E-state index in [1.807, 2.05) is 74.8 Å². The van der Waals surface area contributed by atoms with E-state index in [4.69, 9.17) is 15.3 Å². The number of hydrogen-bond donors (Lipinski definition) is 0. The number of carbonyl (C=O) groups is 2. The van der Waals surface area contributed by atoms with Gasteiger partial charge in [-0.05, 0) is 148 Å². The minimum absolute atomic E-state index is 0.0664. The van der Waals surface area contributed by atoms with Crippen molar-refractivity contribution in [1.29, 1.82) is 10.5 Å². The van der Waals surface area contributed by atoms with Crippen LogP contribution in [-0.4, -0.2) is 12.6 Å². The molecule has 16 rings (SSSR count). The molecule has 6 heterocycles. The molecule has 0 amide bonds. The average molecular weight is 1190 g/mol. The fourth-order valence-corrected chi connectivity index (χ4v) is 20.0. The van der Waals surface area contributed by atoms with E-state index in [1.54, 1.807) is 36.4 Å². The van der Waals surface area contributed by atoms with Gasteiger partial charge >= 0.3 is 0 Å². The molecule has 0 unspecified atom stereocenters. The van der Waals surface area contributed by atoms with Crippen LogP contribution < -0.4 is 0 Å². The van der Waals surface area contributed by atoms with Crippen molar-refractivity contribution in [2.24, 2.45) is 0 Å². The summed E-state index contributed by atoms with van der Waals surface area (Å²) in [6, 6.07) is 72.4. The monoisotopic (exact) mass is 1190 g/mol. The number of Topliss-reactive ketones (excluding diaryl/α,β-unsaturated/α-hetero) is 1. The summed E-state index contributed by atoms with van der Waals surface area (Å²) in [7, 11) is 0. The maximum Gasteiger partial charge on any atom is 0.193 e. The molecule has 7 aromatic carbocycles. The van der Waals surface area contributed by atoms with Gasteiger partial charge in [0.15, 0.2) is 5.78 Å². The SMILES string of the molecule is C=C1C(=O)c2ccccc2C1=C(C#N)C#N.C=O.Cc1ccc(C2(c3ccc(C)cc3)c3cc4cc(-c5cccs5)sc4cc3-c3sc4c5c(sc4c32)-c2cc3sc(-c4cccs4)cc3cc2C5(c2ccc(C)cc2)c2ccc(C)cc2)cc1. The van der Waals surface area contributed by atoms with Gasteiger partial charge in [-0.2, -0.15) is 10.5 Å². The summed E-state index contributed by atoms with van der Waals surface area (Å²) >= 11 is 11.6. The normalized spacial score (nSPS) is 13.8. The number of carbonyl (C=O) groups excluding carboxylic acids is 2. The maximum absolute atomic E-state index is 11.8. The molecule has 0 radical (unpaired) electrons. The van der Waals surface area contributed by atoms with Crippen LogP contribution in [0.2, 0.25) is 0 Å². The van der Waals surface area contributed by atoms with Crippen LogP contribution in [0.4, 0.5) is 0 Å². The summed E-state index contributed by atoms with van der Waals surface area (Å²) in [6.07, 6.45) is 0. The van der Waals surface area contributed by atoms with Crippen molar-refractivity contribution in [1.82, 2.24) is 0 Å². The Morgan fingerprint density at radius 1 is 0.440 bits per heavy atom. The lowest BCUT2D eigenvalue weighted by Gasteiger charge is -2.34. The lowest BCUT2D eigenvalue weighted by Crippen LogP contribution is -2.29. The summed E-state index contributed by atoms with van der Waals surface area (Å²) in [5.74, 6) is -0.214. The molecule has 84 heavy (non-hydrogen) atoms. The van der Waals surface area contributed by atoms with E-state index in [0.29, 0.717) is 16.7 Å². The topological polar surface area (TPSA) is 81.7 Å². The van der Waals surface area contributed by atoms with Crippen molar-refractivity contribution < 1.29 is 9.59 Å². The Bertz CT molecular complexity index is 4590. The van der Waals surface area contributed by atoms with Gasteiger partial charge in [-0.15, -0.1) is 68.0 Å². The Balaban J connectivity index is 0.000000301. The van der Waals surface area contributed by atoms with Crippen LogP contribution >= 0.6 is 68.0 Å². The quantitative estimate of drug-likeness (QED) is 0.123. The van der Waals surface area contributed by atoms with Crippen molar-refractivity contribution in [3.63, 3.8) is 0 Å². The molecule has 0 fully saturated rings. The van der Waals surface area contributed by atoms with Crippen molar-refractivity contribution in [2.75, 3.05) is 0 Å². The second kappa shape index (κ2) is 20.6. The van der Waals surface area contributed by atoms with Gasteiger partial charge in [-0.3, -0.25) is 4.79 Å². The van der Waals surface area contributed by atoms with Crippen molar-refractivity contribution in [3.05, 3.63) is 288 Å². The van der Waals surface area contributed by atoms with Crippen molar-refractivity contribution in [2.45, 2.75) is 38.5 Å². The van der Waals surface area contributed by atoms with Gasteiger partial charge in [0.1, 0.15) is 24.5 Å². The number of nitrogens with zero attached hydrogens (tertiary/aromatic N) is 2. The molecular formula is C74H48N2O2S6. The van der Waals surface area contributed by atoms with Gasteiger partial charge < -0.3 is 4.79 Å². The molecule has 0 bridgehead atoms. The van der Waals surface area contributed by atoms with Crippen LogP contribution in [0.15, 0.2) is 210 Å². The molecule has 0 saturated carbocycles. The van der Waals surface area contributed by atoms with Crippen LogP contribution in [0.3, 0.4) is 0 Å². The highest BCUT2D eigenvalue weighted by atomic mass is 32.1. The summed E-state index contributed by atoms with van der Waals surface area (Å²) in [5, 5.41) is 24.7. The number of benzene rings is 7. The van der Waals surface area contributed by atoms with E-state index in [9.17, 15) is 4.79 Å². The van der Waals surface area contributed by atoms with E-state index < -0.39 is 10.8 Å². The summed E-state index contributed by atoms with van der Waals surface area (Å²) < 4.78 is 5.52. The average Bonchev–Trinajstić information content (AvgIpc) is 1.51. The number of ketones is 1. The minimum atomic E-state index is -0.533. The van der Waals surface area contributed by atoms with E-state index in [-0.39, 0.29) is 16.9 Å². The predicted molar refractivity (Wildman–Crippen MR) is 356 cm³/mol. The van der Waals surface area contributed by atoms with Crippen LogP contribution in [-0.2, 0) is 15.6 Å². The Labute approximate surface area is 511 Å². The predicted octanol–water partition coefficient (Wildman–Crippen LogP) is 20.9. The third-order valence-corrected chi connectivity index (χ3v) is 23.8. The Morgan fingerprint density at radius 3 is 1.18 bits per heavy atom. The second-order valence-electron chi connectivity index (χ2n) is 21.6. The molecule has 0 saturated heterocycles. The zero-order chi connectivity index (χ0) is 57.8. The smallest absolute Gasteiger partial charge is 0.193 e. The molecule has 13 aromatic rings. The number of nitriles is 2.